The molecular formula is C20H33F9N4O2. The summed E-state index contributed by atoms with van der Waals surface area (Å²) in [6, 6.07) is -1.32. The van der Waals surface area contributed by atoms with E-state index in [1.807, 2.05) is 0 Å². The third-order valence-corrected chi connectivity index (χ3v) is 4.92. The van der Waals surface area contributed by atoms with Crippen molar-refractivity contribution in [3.8, 4) is 0 Å². The fourth-order valence-electron chi connectivity index (χ4n) is 2.78. The molecule has 0 saturated carbocycles. The van der Waals surface area contributed by atoms with Crippen LogP contribution in [0.25, 0.3) is 0 Å². The molecule has 15 heteroatoms. The smallest absolute Gasteiger partial charge is 0.338 e. The predicted octanol–water partition coefficient (Wildman–Crippen LogP) is 5.58. The Morgan fingerprint density at radius 1 is 0.543 bits per heavy atom. The monoisotopic (exact) mass is 532 g/mol. The molecule has 208 valence electrons. The van der Waals surface area contributed by atoms with E-state index in [9.17, 15) is 49.1 Å². The molecule has 6 nitrogen and oxygen atoms in total. The Balaban J connectivity index is 3.95. The number of carbonyl (C=O) groups excluding carboxylic acids is 2. The maximum atomic E-state index is 13.4. The predicted molar refractivity (Wildman–Crippen MR) is 111 cm³/mol. The average molecular weight is 532 g/mol. The van der Waals surface area contributed by atoms with E-state index in [1.54, 1.807) is 5.32 Å². The van der Waals surface area contributed by atoms with Crippen LogP contribution in [0, 0.1) is 0 Å². The summed E-state index contributed by atoms with van der Waals surface area (Å²) >= 11 is 0. The van der Waals surface area contributed by atoms with Crippen LogP contribution in [0.15, 0.2) is 0 Å². The van der Waals surface area contributed by atoms with Gasteiger partial charge in [0.25, 0.3) is 0 Å². The van der Waals surface area contributed by atoms with Gasteiger partial charge < -0.3 is 21.3 Å². The van der Waals surface area contributed by atoms with E-state index in [0.717, 1.165) is 25.7 Å². The first-order valence-electron chi connectivity index (χ1n) is 11.3. The van der Waals surface area contributed by atoms with Crippen LogP contribution in [0.5, 0.6) is 0 Å². The van der Waals surface area contributed by atoms with Crippen molar-refractivity contribution in [3.05, 3.63) is 0 Å². The molecule has 0 rings (SSSR count). The summed E-state index contributed by atoms with van der Waals surface area (Å²) in [5.74, 6) is -19.4. The van der Waals surface area contributed by atoms with E-state index in [0.29, 0.717) is 38.8 Å². The second-order valence-electron chi connectivity index (χ2n) is 7.94. The first-order chi connectivity index (χ1) is 16.1. The maximum absolute atomic E-state index is 13.4. The van der Waals surface area contributed by atoms with Gasteiger partial charge in [0.15, 0.2) is 0 Å². The van der Waals surface area contributed by atoms with Gasteiger partial charge in [-0.2, -0.15) is 39.5 Å². The lowest BCUT2D eigenvalue weighted by molar-refractivity contribution is -0.396. The Labute approximate surface area is 198 Å². The number of urea groups is 2. The number of hydrogen-bond acceptors (Lipinski definition) is 2. The SMILES string of the molecule is CCCCCCNC(=O)NCCCCCCNC(=O)NCCC(F)(F)C(F)(F)C(F)(F)C(F)(F)F. The van der Waals surface area contributed by atoms with Crippen LogP contribution in [-0.4, -0.2) is 62.2 Å². The van der Waals surface area contributed by atoms with Crippen molar-refractivity contribution in [3.63, 3.8) is 0 Å². The summed E-state index contributed by atoms with van der Waals surface area (Å²) in [6.07, 6.45) is -2.36. The summed E-state index contributed by atoms with van der Waals surface area (Å²) in [7, 11) is 0. The van der Waals surface area contributed by atoms with E-state index in [-0.39, 0.29) is 12.6 Å². The third-order valence-electron chi connectivity index (χ3n) is 4.92. The number of nitrogens with one attached hydrogen (secondary N) is 4. The lowest BCUT2D eigenvalue weighted by Gasteiger charge is -2.33. The van der Waals surface area contributed by atoms with E-state index >= 15 is 0 Å². The number of rotatable bonds is 17. The first-order valence-corrected chi connectivity index (χ1v) is 11.3. The van der Waals surface area contributed by atoms with Crippen molar-refractivity contribution in [2.24, 2.45) is 0 Å². The van der Waals surface area contributed by atoms with Crippen molar-refractivity contribution in [2.75, 3.05) is 26.2 Å². The van der Waals surface area contributed by atoms with E-state index in [4.69, 9.17) is 0 Å². The largest absolute Gasteiger partial charge is 0.460 e. The number of hydrogen-bond donors (Lipinski definition) is 4. The summed E-state index contributed by atoms with van der Waals surface area (Å²) in [5.41, 5.74) is 0. The van der Waals surface area contributed by atoms with Crippen LogP contribution in [0.2, 0.25) is 0 Å². The van der Waals surface area contributed by atoms with Gasteiger partial charge in [0, 0.05) is 32.6 Å². The van der Waals surface area contributed by atoms with Gasteiger partial charge in [-0.25, -0.2) is 9.59 Å². The van der Waals surface area contributed by atoms with E-state index in [1.165, 1.54) is 0 Å². The Morgan fingerprint density at radius 3 is 1.29 bits per heavy atom. The molecule has 0 aromatic heterocycles. The zero-order valence-electron chi connectivity index (χ0n) is 19.4. The standard InChI is InChI=1S/C20H33F9N4O2/c1-2-3-4-7-11-30-15(34)31-12-8-5-6-9-13-32-16(35)33-14-10-17(21,22)18(23,24)19(25,26)20(27,28)29/h2-14H2,1H3,(H2,30,31,34)(H2,32,33,35). The van der Waals surface area contributed by atoms with Crippen molar-refractivity contribution < 1.29 is 49.1 Å². The van der Waals surface area contributed by atoms with E-state index in [2.05, 4.69) is 22.9 Å². The summed E-state index contributed by atoms with van der Waals surface area (Å²) < 4.78 is 115. The van der Waals surface area contributed by atoms with Crippen LogP contribution < -0.4 is 21.3 Å². The minimum absolute atomic E-state index is 0.0796. The highest BCUT2D eigenvalue weighted by Crippen LogP contribution is 2.53. The van der Waals surface area contributed by atoms with Crippen LogP contribution in [-0.2, 0) is 0 Å². The fraction of sp³-hybridized carbons (Fsp3) is 0.900. The molecule has 0 unspecified atom stereocenters. The molecule has 0 aromatic carbocycles. The third kappa shape index (κ3) is 11.5. The molecule has 4 N–H and O–H groups in total. The van der Waals surface area contributed by atoms with Gasteiger partial charge >= 0.3 is 36.0 Å². The molecule has 0 heterocycles. The highest BCUT2D eigenvalue weighted by Gasteiger charge is 2.81. The first kappa shape index (κ1) is 32.9. The fourth-order valence-corrected chi connectivity index (χ4v) is 2.78. The number of alkyl halides is 9. The van der Waals surface area contributed by atoms with Crippen LogP contribution in [0.1, 0.15) is 64.7 Å². The molecule has 0 aliphatic heterocycles. The van der Waals surface area contributed by atoms with E-state index < -0.39 is 42.9 Å². The van der Waals surface area contributed by atoms with Gasteiger partial charge in [0.05, 0.1) is 0 Å². The maximum Gasteiger partial charge on any atom is 0.460 e. The van der Waals surface area contributed by atoms with Crippen molar-refractivity contribution in [1.29, 1.82) is 0 Å². The molecule has 0 aliphatic carbocycles. The van der Waals surface area contributed by atoms with Crippen LogP contribution in [0.3, 0.4) is 0 Å². The van der Waals surface area contributed by atoms with Gasteiger partial charge in [0.2, 0.25) is 0 Å². The topological polar surface area (TPSA) is 82.3 Å². The lowest BCUT2D eigenvalue weighted by atomic mass is 10.0. The highest BCUT2D eigenvalue weighted by atomic mass is 19.4. The van der Waals surface area contributed by atoms with Gasteiger partial charge in [-0.15, -0.1) is 0 Å². The van der Waals surface area contributed by atoms with Crippen molar-refractivity contribution in [2.45, 2.75) is 88.7 Å². The summed E-state index contributed by atoms with van der Waals surface area (Å²) in [4.78, 5) is 23.0. The second kappa shape index (κ2) is 15.1. The summed E-state index contributed by atoms with van der Waals surface area (Å²) in [6.45, 7) is 1.95. The minimum atomic E-state index is -6.95. The van der Waals surface area contributed by atoms with Gasteiger partial charge in [-0.1, -0.05) is 39.0 Å². The van der Waals surface area contributed by atoms with Gasteiger partial charge in [-0.05, 0) is 19.3 Å². The molecule has 0 aromatic rings. The zero-order chi connectivity index (χ0) is 27.2. The van der Waals surface area contributed by atoms with Gasteiger partial charge in [0.1, 0.15) is 0 Å². The van der Waals surface area contributed by atoms with Crippen LogP contribution in [0.4, 0.5) is 49.1 Å². The Kier molecular flexibility index (Phi) is 14.2. The van der Waals surface area contributed by atoms with Crippen LogP contribution >= 0.6 is 0 Å². The Bertz CT molecular complexity index is 632. The molecule has 0 fully saturated rings. The number of amides is 4. The average Bonchev–Trinajstić information content (AvgIpc) is 2.74. The molecule has 35 heavy (non-hydrogen) atoms. The zero-order valence-corrected chi connectivity index (χ0v) is 19.4. The summed E-state index contributed by atoms with van der Waals surface area (Å²) in [5, 5.41) is 9.35. The van der Waals surface area contributed by atoms with Crippen molar-refractivity contribution >= 4 is 12.1 Å². The molecule has 0 aliphatic rings. The molecule has 0 bridgehead atoms. The molecule has 0 saturated heterocycles. The molecule has 0 atom stereocenters. The highest BCUT2D eigenvalue weighted by molar-refractivity contribution is 5.74. The lowest BCUT2D eigenvalue weighted by Crippen LogP contribution is -2.61. The van der Waals surface area contributed by atoms with Gasteiger partial charge in [-0.3, -0.25) is 0 Å². The molecule has 0 spiro atoms. The number of carbonyl (C=O) groups is 2. The quantitative estimate of drug-likeness (QED) is 0.146. The normalized spacial score (nSPS) is 12.9. The Hall–Kier alpha value is -2.09. The van der Waals surface area contributed by atoms with Crippen molar-refractivity contribution in [1.82, 2.24) is 21.3 Å². The Morgan fingerprint density at radius 2 is 0.914 bits per heavy atom. The second-order valence-corrected chi connectivity index (χ2v) is 7.94. The molecule has 4 amide bonds. The molecular weight excluding hydrogens is 499 g/mol. The molecule has 0 radical (unpaired) electrons. The number of unbranched alkanes of at least 4 members (excludes halogenated alkanes) is 6. The number of halogens is 9. The minimum Gasteiger partial charge on any atom is -0.338 e.